The first-order valence-corrected chi connectivity index (χ1v) is 8.85. The van der Waals surface area contributed by atoms with E-state index in [9.17, 15) is 15.2 Å². The molecule has 0 saturated carbocycles. The van der Waals surface area contributed by atoms with E-state index >= 15 is 0 Å². The van der Waals surface area contributed by atoms with Crippen LogP contribution >= 0.6 is 0 Å². The van der Waals surface area contributed by atoms with Crippen molar-refractivity contribution < 1.29 is 10.0 Å². The molecule has 154 valence electrons. The van der Waals surface area contributed by atoms with Crippen LogP contribution in [0, 0.1) is 17.0 Å². The summed E-state index contributed by atoms with van der Waals surface area (Å²) in [5, 5.41) is 27.8. The molecule has 30 heavy (non-hydrogen) atoms. The average Bonchev–Trinajstić information content (AvgIpc) is 2.71. The van der Waals surface area contributed by atoms with E-state index in [4.69, 9.17) is 0 Å². The van der Waals surface area contributed by atoms with Gasteiger partial charge in [0.15, 0.2) is 0 Å². The highest BCUT2D eigenvalue weighted by atomic mass is 16.6. The Morgan fingerprint density at radius 2 is 1.80 bits per heavy atom. The lowest BCUT2D eigenvalue weighted by atomic mass is 10.2. The minimum atomic E-state index is -0.553. The molecule has 0 saturated heterocycles. The molecule has 3 N–H and O–H groups in total. The molecule has 0 radical (unpaired) electrons. The second-order valence-corrected chi connectivity index (χ2v) is 6.54. The lowest BCUT2D eigenvalue weighted by Crippen LogP contribution is -2.15. The predicted molar refractivity (Wildman–Crippen MR) is 115 cm³/mol. The van der Waals surface area contributed by atoms with E-state index in [1.54, 1.807) is 19.0 Å². The number of phenolic OH excluding ortho intramolecular Hbond substituents is 1. The Morgan fingerprint density at radius 1 is 1.10 bits per heavy atom. The molecule has 0 aliphatic heterocycles. The van der Waals surface area contributed by atoms with E-state index in [1.807, 2.05) is 31.2 Å². The highest BCUT2D eigenvalue weighted by molar-refractivity contribution is 5.84. The molecular weight excluding hydrogens is 388 g/mol. The van der Waals surface area contributed by atoms with Gasteiger partial charge in [-0.3, -0.25) is 10.1 Å². The Labute approximate surface area is 172 Å². The van der Waals surface area contributed by atoms with Crippen molar-refractivity contribution in [2.24, 2.45) is 5.10 Å². The third kappa shape index (κ3) is 5.16. The van der Waals surface area contributed by atoms with Crippen LogP contribution in [0.4, 0.5) is 29.2 Å². The number of aromatic nitrogens is 3. The fraction of sp³-hybridized carbons (Fsp3) is 0.158. The number of anilines is 4. The highest BCUT2D eigenvalue weighted by Crippen LogP contribution is 2.21. The van der Waals surface area contributed by atoms with E-state index in [1.165, 1.54) is 24.4 Å². The summed E-state index contributed by atoms with van der Waals surface area (Å²) in [5.41, 5.74) is 4.62. The van der Waals surface area contributed by atoms with Gasteiger partial charge < -0.3 is 15.3 Å². The molecule has 0 spiro atoms. The zero-order valence-electron chi connectivity index (χ0n) is 16.6. The zero-order valence-corrected chi connectivity index (χ0v) is 16.6. The van der Waals surface area contributed by atoms with Gasteiger partial charge in [0.25, 0.3) is 5.69 Å². The Balaban J connectivity index is 1.82. The van der Waals surface area contributed by atoms with Gasteiger partial charge in [0, 0.05) is 37.5 Å². The first-order chi connectivity index (χ1) is 14.3. The second-order valence-electron chi connectivity index (χ2n) is 6.54. The number of nitro groups is 1. The van der Waals surface area contributed by atoms with Crippen molar-refractivity contribution in [3.8, 4) is 5.75 Å². The molecule has 0 atom stereocenters. The number of phenols is 1. The van der Waals surface area contributed by atoms with Crippen molar-refractivity contribution in [2.45, 2.75) is 6.92 Å². The molecule has 3 aromatic rings. The third-order valence-corrected chi connectivity index (χ3v) is 3.92. The van der Waals surface area contributed by atoms with Gasteiger partial charge >= 0.3 is 0 Å². The molecule has 0 unspecified atom stereocenters. The van der Waals surface area contributed by atoms with Crippen LogP contribution < -0.4 is 15.6 Å². The van der Waals surface area contributed by atoms with Crippen LogP contribution in [0.25, 0.3) is 0 Å². The van der Waals surface area contributed by atoms with E-state index in [-0.39, 0.29) is 22.9 Å². The maximum absolute atomic E-state index is 10.9. The number of nitro benzene ring substituents is 1. The first kappa shape index (κ1) is 20.5. The first-order valence-electron chi connectivity index (χ1n) is 8.85. The Bertz CT molecular complexity index is 1080. The van der Waals surface area contributed by atoms with Crippen molar-refractivity contribution in [2.75, 3.05) is 29.7 Å². The smallest absolute Gasteiger partial charge is 0.270 e. The molecule has 3 rings (SSSR count). The monoisotopic (exact) mass is 408 g/mol. The number of nitrogens with zero attached hydrogens (tertiary/aromatic N) is 6. The molecule has 0 amide bonds. The summed E-state index contributed by atoms with van der Waals surface area (Å²) in [6.07, 6.45) is 1.24. The standard InChI is InChI=1S/C19H20N8O3/c1-12-4-6-14(7-5-12)21-17-22-18(24-19(23-17)26(2)3)25-20-11-13-10-15(27(29)30)8-9-16(13)28/h4-11,28H,1-3H3,(H2,21,22,23,24,25)/b20-11-. The van der Waals surface area contributed by atoms with Gasteiger partial charge in [-0.15, -0.1) is 0 Å². The van der Waals surface area contributed by atoms with Crippen molar-refractivity contribution in [3.63, 3.8) is 0 Å². The van der Waals surface area contributed by atoms with Gasteiger partial charge in [-0.2, -0.15) is 20.1 Å². The van der Waals surface area contributed by atoms with E-state index in [0.29, 0.717) is 11.9 Å². The SMILES string of the molecule is Cc1ccc(Nc2nc(N/N=C\c3cc([N+](=O)[O-])ccc3O)nc(N(C)C)n2)cc1. The molecule has 11 nitrogen and oxygen atoms in total. The molecule has 0 fully saturated rings. The van der Waals surface area contributed by atoms with Crippen LogP contribution in [0.5, 0.6) is 5.75 Å². The van der Waals surface area contributed by atoms with Gasteiger partial charge in [0.1, 0.15) is 5.75 Å². The number of hydrazone groups is 1. The van der Waals surface area contributed by atoms with Gasteiger partial charge in [0.05, 0.1) is 11.1 Å². The molecule has 2 aromatic carbocycles. The van der Waals surface area contributed by atoms with Crippen LogP contribution in [0.2, 0.25) is 0 Å². The summed E-state index contributed by atoms with van der Waals surface area (Å²) < 4.78 is 0. The van der Waals surface area contributed by atoms with Crippen LogP contribution in [0.15, 0.2) is 47.6 Å². The normalized spacial score (nSPS) is 10.8. The Kier molecular flexibility index (Phi) is 6.01. The summed E-state index contributed by atoms with van der Waals surface area (Å²) in [4.78, 5) is 24.9. The topological polar surface area (TPSA) is 142 Å². The molecular formula is C19H20N8O3. The summed E-state index contributed by atoms with van der Waals surface area (Å²) in [5.74, 6) is 0.728. The van der Waals surface area contributed by atoms with Crippen LogP contribution in [-0.2, 0) is 0 Å². The number of nitrogens with one attached hydrogen (secondary N) is 2. The molecule has 0 aliphatic rings. The van der Waals surface area contributed by atoms with Gasteiger partial charge in [-0.05, 0) is 25.1 Å². The van der Waals surface area contributed by atoms with E-state index in [0.717, 1.165) is 11.3 Å². The summed E-state index contributed by atoms with van der Waals surface area (Å²) in [6, 6.07) is 11.4. The molecule has 0 aliphatic carbocycles. The van der Waals surface area contributed by atoms with E-state index in [2.05, 4.69) is 30.8 Å². The van der Waals surface area contributed by atoms with Gasteiger partial charge in [-0.25, -0.2) is 5.43 Å². The number of aromatic hydroxyl groups is 1. The fourth-order valence-corrected chi connectivity index (χ4v) is 2.36. The summed E-state index contributed by atoms with van der Waals surface area (Å²) >= 11 is 0. The van der Waals surface area contributed by atoms with Crippen molar-refractivity contribution >= 4 is 35.4 Å². The average molecular weight is 408 g/mol. The number of hydrogen-bond donors (Lipinski definition) is 3. The second kappa shape index (κ2) is 8.82. The molecule has 0 bridgehead atoms. The quantitative estimate of drug-likeness (QED) is 0.305. The largest absolute Gasteiger partial charge is 0.507 e. The maximum Gasteiger partial charge on any atom is 0.270 e. The zero-order chi connectivity index (χ0) is 21.7. The summed E-state index contributed by atoms with van der Waals surface area (Å²) in [7, 11) is 3.58. The van der Waals surface area contributed by atoms with Crippen LogP contribution in [0.1, 0.15) is 11.1 Å². The maximum atomic E-state index is 10.9. The fourth-order valence-electron chi connectivity index (χ4n) is 2.36. The number of aryl methyl sites for hydroxylation is 1. The number of non-ortho nitro benzene ring substituents is 1. The molecule has 1 aromatic heterocycles. The minimum absolute atomic E-state index is 0.141. The molecule has 11 heteroatoms. The Hall–Kier alpha value is -4.28. The van der Waals surface area contributed by atoms with Crippen molar-refractivity contribution in [3.05, 3.63) is 63.7 Å². The Morgan fingerprint density at radius 3 is 2.47 bits per heavy atom. The number of rotatable bonds is 7. The predicted octanol–water partition coefficient (Wildman–Crippen LogP) is 3.05. The van der Waals surface area contributed by atoms with Gasteiger partial charge in [-0.1, -0.05) is 17.7 Å². The van der Waals surface area contributed by atoms with Crippen LogP contribution in [-0.4, -0.2) is 45.3 Å². The minimum Gasteiger partial charge on any atom is -0.507 e. The lowest BCUT2D eigenvalue weighted by molar-refractivity contribution is -0.384. The van der Waals surface area contributed by atoms with Crippen molar-refractivity contribution in [1.29, 1.82) is 0 Å². The number of benzene rings is 2. The lowest BCUT2D eigenvalue weighted by Gasteiger charge is -2.13. The molecule has 1 heterocycles. The highest BCUT2D eigenvalue weighted by Gasteiger charge is 2.10. The third-order valence-electron chi connectivity index (χ3n) is 3.92. The number of hydrogen-bond acceptors (Lipinski definition) is 10. The van der Waals surface area contributed by atoms with Crippen molar-refractivity contribution in [1.82, 2.24) is 15.0 Å². The van der Waals surface area contributed by atoms with Gasteiger partial charge in [0.2, 0.25) is 17.8 Å². The van der Waals surface area contributed by atoms with Crippen LogP contribution in [0.3, 0.4) is 0 Å². The van der Waals surface area contributed by atoms with E-state index < -0.39 is 4.92 Å². The summed E-state index contributed by atoms with van der Waals surface area (Å²) in [6.45, 7) is 2.00.